The highest BCUT2D eigenvalue weighted by molar-refractivity contribution is 5.99. The van der Waals surface area contributed by atoms with Gasteiger partial charge in [0.15, 0.2) is 17.4 Å². The maximum absolute atomic E-state index is 13.2. The van der Waals surface area contributed by atoms with Crippen LogP contribution in [0.4, 0.5) is 8.78 Å². The lowest BCUT2D eigenvalue weighted by molar-refractivity contribution is 0.0757. The van der Waals surface area contributed by atoms with Crippen LogP contribution in [0.5, 0.6) is 0 Å². The number of rotatable bonds is 7. The number of carbonyl (C=O) groups excluding carboxylic acids is 1. The maximum atomic E-state index is 13.2. The standard InChI is InChI=1S/C15H19F2NO2/c1-10(18(7-8-20-2)12-4-5-12)15(19)11-3-6-13(16)14(17)9-11/h3,6,9-10,12H,4-5,7-8H2,1-2H3. The number of methoxy groups -OCH3 is 1. The van der Waals surface area contributed by atoms with Gasteiger partial charge in [0.1, 0.15) is 0 Å². The first-order valence-electron chi connectivity index (χ1n) is 6.78. The molecule has 1 aromatic carbocycles. The summed E-state index contributed by atoms with van der Waals surface area (Å²) < 4.78 is 31.2. The average Bonchev–Trinajstić information content (AvgIpc) is 3.26. The first kappa shape index (κ1) is 15.1. The molecular weight excluding hydrogens is 264 g/mol. The van der Waals surface area contributed by atoms with Gasteiger partial charge in [0.05, 0.1) is 12.6 Å². The predicted molar refractivity (Wildman–Crippen MR) is 71.8 cm³/mol. The Morgan fingerprint density at radius 3 is 2.65 bits per heavy atom. The molecule has 1 aliphatic rings. The van der Waals surface area contributed by atoms with Crippen LogP contribution < -0.4 is 0 Å². The van der Waals surface area contributed by atoms with Gasteiger partial charge in [-0.15, -0.1) is 0 Å². The summed E-state index contributed by atoms with van der Waals surface area (Å²) in [4.78, 5) is 14.4. The third kappa shape index (κ3) is 3.41. The molecule has 0 saturated heterocycles. The fourth-order valence-electron chi connectivity index (χ4n) is 2.34. The van der Waals surface area contributed by atoms with Crippen molar-refractivity contribution in [1.82, 2.24) is 4.90 Å². The van der Waals surface area contributed by atoms with Crippen LogP contribution in [-0.4, -0.2) is 43.0 Å². The molecule has 0 aliphatic heterocycles. The summed E-state index contributed by atoms with van der Waals surface area (Å²) in [6.07, 6.45) is 2.14. The molecule has 0 bridgehead atoms. The van der Waals surface area contributed by atoms with Crippen molar-refractivity contribution in [1.29, 1.82) is 0 Å². The quantitative estimate of drug-likeness (QED) is 0.721. The average molecular weight is 283 g/mol. The lowest BCUT2D eigenvalue weighted by Gasteiger charge is -2.27. The zero-order chi connectivity index (χ0) is 14.7. The minimum absolute atomic E-state index is 0.188. The summed E-state index contributed by atoms with van der Waals surface area (Å²) in [6.45, 7) is 3.02. The van der Waals surface area contributed by atoms with Gasteiger partial charge in [0, 0.05) is 25.3 Å². The molecule has 1 aromatic rings. The van der Waals surface area contributed by atoms with Crippen LogP contribution in [0, 0.1) is 11.6 Å². The number of carbonyl (C=O) groups is 1. The van der Waals surface area contributed by atoms with E-state index in [9.17, 15) is 13.6 Å². The molecule has 1 aliphatic carbocycles. The molecule has 5 heteroatoms. The molecule has 0 radical (unpaired) electrons. The number of nitrogens with zero attached hydrogens (tertiary/aromatic N) is 1. The van der Waals surface area contributed by atoms with Crippen LogP contribution in [0.2, 0.25) is 0 Å². The first-order valence-corrected chi connectivity index (χ1v) is 6.78. The Morgan fingerprint density at radius 2 is 2.10 bits per heavy atom. The minimum atomic E-state index is -0.988. The number of hydrogen-bond donors (Lipinski definition) is 0. The zero-order valence-electron chi connectivity index (χ0n) is 11.7. The van der Waals surface area contributed by atoms with Crippen molar-refractivity contribution >= 4 is 5.78 Å². The Morgan fingerprint density at radius 1 is 1.40 bits per heavy atom. The van der Waals surface area contributed by atoms with Gasteiger partial charge in [-0.1, -0.05) is 0 Å². The van der Waals surface area contributed by atoms with Crippen LogP contribution in [0.15, 0.2) is 18.2 Å². The monoisotopic (exact) mass is 283 g/mol. The molecule has 0 N–H and O–H groups in total. The second-order valence-electron chi connectivity index (χ2n) is 5.13. The van der Waals surface area contributed by atoms with Crippen LogP contribution in [-0.2, 0) is 4.74 Å². The Balaban J connectivity index is 2.11. The van der Waals surface area contributed by atoms with E-state index in [4.69, 9.17) is 4.74 Å². The number of Topliss-reactive ketones (excluding diaryl/α,β-unsaturated/α-hetero) is 1. The van der Waals surface area contributed by atoms with E-state index in [0.29, 0.717) is 19.2 Å². The molecule has 1 fully saturated rings. The third-order valence-corrected chi connectivity index (χ3v) is 3.65. The van der Waals surface area contributed by atoms with Gasteiger partial charge in [-0.3, -0.25) is 9.69 Å². The topological polar surface area (TPSA) is 29.5 Å². The molecule has 0 aromatic heterocycles. The number of hydrogen-bond acceptors (Lipinski definition) is 3. The van der Waals surface area contributed by atoms with Crippen molar-refractivity contribution in [2.45, 2.75) is 31.8 Å². The van der Waals surface area contributed by atoms with Gasteiger partial charge in [0.25, 0.3) is 0 Å². The number of halogens is 2. The van der Waals surface area contributed by atoms with E-state index in [0.717, 1.165) is 25.0 Å². The van der Waals surface area contributed by atoms with Gasteiger partial charge in [0.2, 0.25) is 0 Å². The van der Waals surface area contributed by atoms with E-state index < -0.39 is 11.6 Å². The first-order chi connectivity index (χ1) is 9.54. The minimum Gasteiger partial charge on any atom is -0.383 e. The van der Waals surface area contributed by atoms with E-state index in [1.54, 1.807) is 14.0 Å². The van der Waals surface area contributed by atoms with Crippen LogP contribution >= 0.6 is 0 Å². The van der Waals surface area contributed by atoms with E-state index in [2.05, 4.69) is 4.90 Å². The number of benzene rings is 1. The Bertz CT molecular complexity index is 489. The van der Waals surface area contributed by atoms with Crippen LogP contribution in [0.1, 0.15) is 30.1 Å². The summed E-state index contributed by atoms with van der Waals surface area (Å²) in [5.74, 6) is -2.11. The fourth-order valence-corrected chi connectivity index (χ4v) is 2.34. The zero-order valence-corrected chi connectivity index (χ0v) is 11.7. The van der Waals surface area contributed by atoms with E-state index >= 15 is 0 Å². The SMILES string of the molecule is COCCN(C1CC1)C(C)C(=O)c1ccc(F)c(F)c1. The third-order valence-electron chi connectivity index (χ3n) is 3.65. The summed E-state index contributed by atoms with van der Waals surface area (Å²) in [7, 11) is 1.62. The van der Waals surface area contributed by atoms with Gasteiger partial charge in [-0.2, -0.15) is 0 Å². The largest absolute Gasteiger partial charge is 0.383 e. The van der Waals surface area contributed by atoms with Gasteiger partial charge in [-0.25, -0.2) is 8.78 Å². The number of ether oxygens (including phenoxy) is 1. The summed E-state index contributed by atoms with van der Waals surface area (Å²) in [5, 5.41) is 0. The molecule has 0 spiro atoms. The van der Waals surface area contributed by atoms with Crippen LogP contribution in [0.25, 0.3) is 0 Å². The molecule has 3 nitrogen and oxygen atoms in total. The van der Waals surface area contributed by atoms with Gasteiger partial charge >= 0.3 is 0 Å². The van der Waals surface area contributed by atoms with E-state index in [1.807, 2.05) is 0 Å². The molecule has 0 amide bonds. The van der Waals surface area contributed by atoms with Gasteiger partial charge in [-0.05, 0) is 38.0 Å². The molecule has 1 unspecified atom stereocenters. The molecular formula is C15H19F2NO2. The van der Waals surface area contributed by atoms with Crippen molar-refractivity contribution in [3.63, 3.8) is 0 Å². The normalized spacial score (nSPS) is 16.4. The summed E-state index contributed by atoms with van der Waals surface area (Å²) in [6, 6.07) is 3.33. The van der Waals surface area contributed by atoms with E-state index in [1.165, 1.54) is 6.07 Å². The summed E-state index contributed by atoms with van der Waals surface area (Å²) >= 11 is 0. The van der Waals surface area contributed by atoms with Crippen molar-refractivity contribution in [3.8, 4) is 0 Å². The van der Waals surface area contributed by atoms with Crippen LogP contribution in [0.3, 0.4) is 0 Å². The second kappa shape index (κ2) is 6.41. The predicted octanol–water partition coefficient (Wildman–Crippen LogP) is 2.65. The second-order valence-corrected chi connectivity index (χ2v) is 5.13. The highest BCUT2D eigenvalue weighted by Crippen LogP contribution is 2.29. The molecule has 1 atom stereocenters. The van der Waals surface area contributed by atoms with E-state index in [-0.39, 0.29) is 17.4 Å². The molecule has 110 valence electrons. The molecule has 1 saturated carbocycles. The highest BCUT2D eigenvalue weighted by atomic mass is 19.2. The van der Waals surface area contributed by atoms with Gasteiger partial charge < -0.3 is 4.74 Å². The van der Waals surface area contributed by atoms with Crippen molar-refractivity contribution in [3.05, 3.63) is 35.4 Å². The fraction of sp³-hybridized carbons (Fsp3) is 0.533. The van der Waals surface area contributed by atoms with Crippen molar-refractivity contribution in [2.75, 3.05) is 20.3 Å². The Labute approximate surface area is 117 Å². The van der Waals surface area contributed by atoms with Crippen molar-refractivity contribution in [2.24, 2.45) is 0 Å². The molecule has 2 rings (SSSR count). The number of ketones is 1. The Hall–Kier alpha value is -1.33. The molecule has 20 heavy (non-hydrogen) atoms. The lowest BCUT2D eigenvalue weighted by Crippen LogP contribution is -2.42. The lowest BCUT2D eigenvalue weighted by atomic mass is 10.0. The maximum Gasteiger partial charge on any atom is 0.179 e. The highest BCUT2D eigenvalue weighted by Gasteiger charge is 2.35. The summed E-state index contributed by atoms with van der Waals surface area (Å²) in [5.41, 5.74) is 0.208. The smallest absolute Gasteiger partial charge is 0.179 e. The Kier molecular flexibility index (Phi) is 4.83. The molecule has 0 heterocycles. The van der Waals surface area contributed by atoms with Crippen molar-refractivity contribution < 1.29 is 18.3 Å².